The molecule has 3 rings (SSSR count). The number of methoxy groups -OCH3 is 1. The van der Waals surface area contributed by atoms with Crippen LogP contribution in [0.4, 0.5) is 0 Å². The van der Waals surface area contributed by atoms with E-state index in [4.69, 9.17) is 9.15 Å². The van der Waals surface area contributed by atoms with Crippen molar-refractivity contribution in [2.75, 3.05) is 12.9 Å². The number of carbonyl (C=O) groups excluding carboxylic acids is 1. The number of amides is 1. The summed E-state index contributed by atoms with van der Waals surface area (Å²) >= 11 is 1.68. The largest absolute Gasteiger partial charge is 0.493 e. The molecule has 1 unspecified atom stereocenters. The quantitative estimate of drug-likeness (QED) is 0.619. The first kappa shape index (κ1) is 17.4. The second kappa shape index (κ2) is 8.12. The van der Waals surface area contributed by atoms with Gasteiger partial charge in [-0.2, -0.15) is 0 Å². The van der Waals surface area contributed by atoms with Crippen molar-refractivity contribution in [1.29, 1.82) is 0 Å². The lowest BCUT2D eigenvalue weighted by atomic mass is 10.2. The molecule has 3 aromatic rings. The highest BCUT2D eigenvalue weighted by atomic mass is 32.2. The van der Waals surface area contributed by atoms with E-state index in [0.29, 0.717) is 17.8 Å². The summed E-state index contributed by atoms with van der Waals surface area (Å²) in [6, 6.07) is 17.6. The molecular weight excluding hydrogens is 334 g/mol. The molecule has 1 heterocycles. The number of rotatable bonds is 7. The van der Waals surface area contributed by atoms with Gasteiger partial charge in [-0.3, -0.25) is 4.79 Å². The van der Waals surface area contributed by atoms with E-state index in [1.165, 1.54) is 4.90 Å². The van der Waals surface area contributed by atoms with E-state index in [9.17, 15) is 4.79 Å². The SMILES string of the molecule is COc1cccc2cc(C(C)NC(=O)CCSc3ccccc3)oc12. The summed E-state index contributed by atoms with van der Waals surface area (Å²) < 4.78 is 11.2. The van der Waals surface area contributed by atoms with Crippen LogP contribution in [0.2, 0.25) is 0 Å². The Morgan fingerprint density at radius 3 is 2.76 bits per heavy atom. The minimum Gasteiger partial charge on any atom is -0.493 e. The zero-order valence-corrected chi connectivity index (χ0v) is 15.1. The van der Waals surface area contributed by atoms with E-state index in [2.05, 4.69) is 5.32 Å². The number of para-hydroxylation sites is 1. The predicted octanol–water partition coefficient (Wildman–Crippen LogP) is 4.80. The summed E-state index contributed by atoms with van der Waals surface area (Å²) in [5.74, 6) is 2.18. The number of benzene rings is 2. The van der Waals surface area contributed by atoms with Gasteiger partial charge in [0.05, 0.1) is 13.2 Å². The molecule has 0 saturated carbocycles. The summed E-state index contributed by atoms with van der Waals surface area (Å²) in [6.07, 6.45) is 0.466. The number of carbonyl (C=O) groups is 1. The van der Waals surface area contributed by atoms with Crippen molar-refractivity contribution in [3.63, 3.8) is 0 Å². The van der Waals surface area contributed by atoms with Gasteiger partial charge in [-0.25, -0.2) is 0 Å². The fourth-order valence-corrected chi connectivity index (χ4v) is 3.47. The first-order chi connectivity index (χ1) is 12.2. The van der Waals surface area contributed by atoms with Crippen molar-refractivity contribution in [3.05, 3.63) is 60.4 Å². The van der Waals surface area contributed by atoms with Crippen molar-refractivity contribution >= 4 is 28.6 Å². The highest BCUT2D eigenvalue weighted by Gasteiger charge is 2.16. The third-order valence-electron chi connectivity index (χ3n) is 3.89. The summed E-state index contributed by atoms with van der Waals surface area (Å²) in [7, 11) is 1.62. The number of hydrogen-bond donors (Lipinski definition) is 1. The number of fused-ring (bicyclic) bond motifs is 1. The Kier molecular flexibility index (Phi) is 5.66. The van der Waals surface area contributed by atoms with E-state index in [-0.39, 0.29) is 11.9 Å². The van der Waals surface area contributed by atoms with Gasteiger partial charge < -0.3 is 14.5 Å². The van der Waals surface area contributed by atoms with Gasteiger partial charge in [0, 0.05) is 22.5 Å². The number of thioether (sulfide) groups is 1. The number of nitrogens with one attached hydrogen (secondary N) is 1. The first-order valence-electron chi connectivity index (χ1n) is 8.21. The lowest BCUT2D eigenvalue weighted by Gasteiger charge is -2.11. The molecule has 0 aliphatic carbocycles. The maximum Gasteiger partial charge on any atom is 0.221 e. The van der Waals surface area contributed by atoms with Gasteiger partial charge in [0.25, 0.3) is 0 Å². The van der Waals surface area contributed by atoms with E-state index in [1.54, 1.807) is 18.9 Å². The highest BCUT2D eigenvalue weighted by molar-refractivity contribution is 7.99. The average Bonchev–Trinajstić information content (AvgIpc) is 3.07. The molecule has 25 heavy (non-hydrogen) atoms. The topological polar surface area (TPSA) is 51.5 Å². The number of ether oxygens (including phenoxy) is 1. The van der Waals surface area contributed by atoms with Crippen LogP contribution < -0.4 is 10.1 Å². The zero-order valence-electron chi connectivity index (χ0n) is 14.3. The maximum atomic E-state index is 12.2. The Hall–Kier alpha value is -2.40. The van der Waals surface area contributed by atoms with Crippen molar-refractivity contribution in [1.82, 2.24) is 5.32 Å². The lowest BCUT2D eigenvalue weighted by Crippen LogP contribution is -2.26. The second-order valence-corrected chi connectivity index (χ2v) is 6.90. The zero-order chi connectivity index (χ0) is 17.6. The Labute approximate surface area is 151 Å². The molecule has 1 atom stereocenters. The third-order valence-corrected chi connectivity index (χ3v) is 4.91. The van der Waals surface area contributed by atoms with Crippen LogP contribution in [0.25, 0.3) is 11.0 Å². The summed E-state index contributed by atoms with van der Waals surface area (Å²) in [5.41, 5.74) is 0.709. The van der Waals surface area contributed by atoms with Crippen LogP contribution in [0, 0.1) is 0 Å². The lowest BCUT2D eigenvalue weighted by molar-refractivity contribution is -0.121. The molecular formula is C20H21NO3S. The molecule has 0 saturated heterocycles. The average molecular weight is 355 g/mol. The minimum absolute atomic E-state index is 0.0170. The molecule has 0 bridgehead atoms. The summed E-state index contributed by atoms with van der Waals surface area (Å²) in [4.78, 5) is 13.3. The van der Waals surface area contributed by atoms with Crippen molar-refractivity contribution < 1.29 is 13.9 Å². The van der Waals surface area contributed by atoms with Crippen LogP contribution in [0.15, 0.2) is 63.9 Å². The summed E-state index contributed by atoms with van der Waals surface area (Å²) in [6.45, 7) is 1.92. The Morgan fingerprint density at radius 1 is 1.20 bits per heavy atom. The molecule has 0 fully saturated rings. The molecule has 1 N–H and O–H groups in total. The fourth-order valence-electron chi connectivity index (χ4n) is 2.59. The molecule has 1 aromatic heterocycles. The first-order valence-corrected chi connectivity index (χ1v) is 9.19. The number of furan rings is 1. The predicted molar refractivity (Wildman–Crippen MR) is 101 cm³/mol. The van der Waals surface area contributed by atoms with Crippen LogP contribution in [-0.2, 0) is 4.79 Å². The van der Waals surface area contributed by atoms with Crippen molar-refractivity contribution in [3.8, 4) is 5.75 Å². The van der Waals surface area contributed by atoms with E-state index < -0.39 is 0 Å². The van der Waals surface area contributed by atoms with Gasteiger partial charge in [-0.05, 0) is 31.2 Å². The van der Waals surface area contributed by atoms with E-state index in [0.717, 1.165) is 16.9 Å². The monoisotopic (exact) mass is 355 g/mol. The third kappa shape index (κ3) is 4.37. The Bertz CT molecular complexity index is 845. The fraction of sp³-hybridized carbons (Fsp3) is 0.250. The highest BCUT2D eigenvalue weighted by Crippen LogP contribution is 2.30. The standard InChI is InChI=1S/C20H21NO3S/c1-14(18-13-15-7-6-10-17(23-2)20(15)24-18)21-19(22)11-12-25-16-8-4-3-5-9-16/h3-10,13-14H,11-12H2,1-2H3,(H,21,22). The minimum atomic E-state index is -0.189. The van der Waals surface area contributed by atoms with Gasteiger partial charge in [0.2, 0.25) is 5.91 Å². The molecule has 1 amide bonds. The second-order valence-electron chi connectivity index (χ2n) is 5.73. The van der Waals surface area contributed by atoms with Gasteiger partial charge in [-0.1, -0.05) is 30.3 Å². The van der Waals surface area contributed by atoms with Gasteiger partial charge in [-0.15, -0.1) is 11.8 Å². The molecule has 0 aliphatic heterocycles. The summed E-state index contributed by atoms with van der Waals surface area (Å²) in [5, 5.41) is 3.96. The van der Waals surface area contributed by atoms with Gasteiger partial charge >= 0.3 is 0 Å². The normalized spacial score (nSPS) is 12.1. The Balaban J connectivity index is 1.56. The molecule has 130 valence electrons. The van der Waals surface area contributed by atoms with Crippen LogP contribution >= 0.6 is 11.8 Å². The Morgan fingerprint density at radius 2 is 2.00 bits per heavy atom. The molecule has 5 heteroatoms. The van der Waals surface area contributed by atoms with Crippen LogP contribution in [0.3, 0.4) is 0 Å². The van der Waals surface area contributed by atoms with Gasteiger partial charge in [0.1, 0.15) is 5.76 Å². The van der Waals surface area contributed by atoms with Gasteiger partial charge in [0.15, 0.2) is 11.3 Å². The van der Waals surface area contributed by atoms with Crippen LogP contribution in [0.1, 0.15) is 25.1 Å². The number of hydrogen-bond acceptors (Lipinski definition) is 4. The van der Waals surface area contributed by atoms with Crippen molar-refractivity contribution in [2.24, 2.45) is 0 Å². The molecule has 0 radical (unpaired) electrons. The molecule has 4 nitrogen and oxygen atoms in total. The van der Waals surface area contributed by atoms with E-state index in [1.807, 2.05) is 61.5 Å². The van der Waals surface area contributed by atoms with Crippen molar-refractivity contribution in [2.45, 2.75) is 24.3 Å². The molecule has 0 spiro atoms. The smallest absolute Gasteiger partial charge is 0.221 e. The van der Waals surface area contributed by atoms with Crippen LogP contribution in [0.5, 0.6) is 5.75 Å². The van der Waals surface area contributed by atoms with Crippen LogP contribution in [-0.4, -0.2) is 18.8 Å². The maximum absolute atomic E-state index is 12.2. The molecule has 0 aliphatic rings. The van der Waals surface area contributed by atoms with E-state index >= 15 is 0 Å². The molecule has 2 aromatic carbocycles.